The summed E-state index contributed by atoms with van der Waals surface area (Å²) >= 11 is 0. The third-order valence-electron chi connectivity index (χ3n) is 9.12. The summed E-state index contributed by atoms with van der Waals surface area (Å²) in [6.45, 7) is 8.03. The summed E-state index contributed by atoms with van der Waals surface area (Å²) in [6.07, 6.45) is -5.24. The van der Waals surface area contributed by atoms with Gasteiger partial charge in [0.05, 0.1) is 12.2 Å². The van der Waals surface area contributed by atoms with E-state index in [1.54, 1.807) is 0 Å². The van der Waals surface area contributed by atoms with Gasteiger partial charge >= 0.3 is 12.4 Å². The van der Waals surface area contributed by atoms with Crippen LogP contribution in [0.1, 0.15) is 78.1 Å². The number of fused-ring (bicyclic) bond motifs is 1. The van der Waals surface area contributed by atoms with Crippen molar-refractivity contribution in [2.24, 2.45) is 23.2 Å². The van der Waals surface area contributed by atoms with Crippen LogP contribution in [0.15, 0.2) is 35.5 Å². The quantitative estimate of drug-likeness (QED) is 0.336. The molecule has 0 aromatic carbocycles. The number of hydrogen-bond donors (Lipinski definition) is 3. The summed E-state index contributed by atoms with van der Waals surface area (Å²) in [4.78, 5) is 0. The second-order valence-corrected chi connectivity index (χ2v) is 11.4. The third-order valence-corrected chi connectivity index (χ3v) is 9.12. The average Bonchev–Trinajstić information content (AvgIpc) is 3.11. The standard InChI is InChI=1S/C27H38F6O3/c1-16(6-4-13-25(36,26(28,29)30)27(31,32)33)21-10-11-22-18(7-5-12-24(21,22)3)8-9-19-14-20(34)15-23(35)17(19)2/h8-9,16,20-23,34-36H,2,4-7,10-15H2,1,3H3/b18-8+,19-9?/t16-,20-,21-,22+,23+,24-/m1/s1. The van der Waals surface area contributed by atoms with E-state index < -0.39 is 36.6 Å². The number of aliphatic hydroxyl groups excluding tert-OH is 2. The normalized spacial score (nSPS) is 35.4. The molecular formula is C27H38F6O3. The van der Waals surface area contributed by atoms with E-state index in [0.29, 0.717) is 12.0 Å². The zero-order valence-corrected chi connectivity index (χ0v) is 20.9. The first-order valence-electron chi connectivity index (χ1n) is 12.8. The molecule has 0 saturated heterocycles. The molecule has 0 heterocycles. The molecule has 0 spiro atoms. The van der Waals surface area contributed by atoms with Crippen molar-refractivity contribution in [3.8, 4) is 0 Å². The summed E-state index contributed by atoms with van der Waals surface area (Å²) in [6, 6.07) is 0. The summed E-state index contributed by atoms with van der Waals surface area (Å²) in [7, 11) is 0. The van der Waals surface area contributed by atoms with Crippen molar-refractivity contribution in [2.45, 2.75) is 108 Å². The van der Waals surface area contributed by atoms with Crippen LogP contribution in [0, 0.1) is 23.2 Å². The number of rotatable bonds is 6. The molecule has 0 bridgehead atoms. The van der Waals surface area contributed by atoms with Gasteiger partial charge in [0.15, 0.2) is 0 Å². The van der Waals surface area contributed by atoms with Crippen molar-refractivity contribution in [2.75, 3.05) is 0 Å². The lowest BCUT2D eigenvalue weighted by molar-refractivity contribution is -0.370. The Morgan fingerprint density at radius 3 is 2.33 bits per heavy atom. The molecule has 3 aliphatic carbocycles. The van der Waals surface area contributed by atoms with Crippen LogP contribution in [0.25, 0.3) is 0 Å². The molecule has 0 aliphatic heterocycles. The van der Waals surface area contributed by atoms with Crippen molar-refractivity contribution in [1.82, 2.24) is 0 Å². The van der Waals surface area contributed by atoms with Crippen LogP contribution in [-0.2, 0) is 0 Å². The number of hydrogen-bond acceptors (Lipinski definition) is 3. The molecule has 3 aliphatic rings. The minimum absolute atomic E-state index is 0.0770. The van der Waals surface area contributed by atoms with Crippen molar-refractivity contribution < 1.29 is 41.7 Å². The number of halogens is 6. The second-order valence-electron chi connectivity index (χ2n) is 11.4. The first kappa shape index (κ1) is 29.2. The van der Waals surface area contributed by atoms with E-state index in [1.807, 2.05) is 13.0 Å². The molecule has 9 heteroatoms. The van der Waals surface area contributed by atoms with E-state index in [4.69, 9.17) is 0 Å². The maximum atomic E-state index is 13.0. The van der Waals surface area contributed by atoms with Crippen molar-refractivity contribution in [1.29, 1.82) is 0 Å². The molecule has 206 valence electrons. The van der Waals surface area contributed by atoms with E-state index in [9.17, 15) is 41.7 Å². The largest absolute Gasteiger partial charge is 0.426 e. The van der Waals surface area contributed by atoms with Crippen molar-refractivity contribution >= 4 is 0 Å². The lowest BCUT2D eigenvalue weighted by atomic mass is 9.60. The smallest absolute Gasteiger partial charge is 0.393 e. The van der Waals surface area contributed by atoms with Gasteiger partial charge in [0.1, 0.15) is 0 Å². The zero-order chi connectivity index (χ0) is 27.1. The van der Waals surface area contributed by atoms with Gasteiger partial charge in [-0.3, -0.25) is 0 Å². The molecule has 0 radical (unpaired) electrons. The summed E-state index contributed by atoms with van der Waals surface area (Å²) in [5.74, 6) is 0.355. The van der Waals surface area contributed by atoms with Gasteiger partial charge in [-0.05, 0) is 85.7 Å². The second kappa shape index (κ2) is 10.4. The van der Waals surface area contributed by atoms with Crippen molar-refractivity contribution in [3.05, 3.63) is 35.5 Å². The van der Waals surface area contributed by atoms with Gasteiger partial charge < -0.3 is 15.3 Å². The van der Waals surface area contributed by atoms with Crippen LogP contribution < -0.4 is 0 Å². The van der Waals surface area contributed by atoms with E-state index in [2.05, 4.69) is 19.6 Å². The molecule has 3 fully saturated rings. The van der Waals surface area contributed by atoms with Crippen LogP contribution in [0.3, 0.4) is 0 Å². The predicted molar refractivity (Wildman–Crippen MR) is 125 cm³/mol. The molecule has 36 heavy (non-hydrogen) atoms. The van der Waals surface area contributed by atoms with E-state index in [0.717, 1.165) is 37.7 Å². The fourth-order valence-corrected chi connectivity index (χ4v) is 7.00. The maximum absolute atomic E-state index is 13.0. The Labute approximate surface area is 209 Å². The van der Waals surface area contributed by atoms with Crippen LogP contribution in [-0.4, -0.2) is 45.5 Å². The SMILES string of the molecule is C=C1C(=C/C=C2\CCC[C@]3(C)[C@@H]([C@H](C)CCCC(O)(C(F)(F)F)C(F)(F)F)CC[C@@H]23)C[C@@H](O)C[C@@H]1O. The van der Waals surface area contributed by atoms with Gasteiger partial charge in [-0.2, -0.15) is 26.3 Å². The Kier molecular flexibility index (Phi) is 8.48. The Morgan fingerprint density at radius 2 is 1.72 bits per heavy atom. The number of allylic oxidation sites excluding steroid dienone is 3. The summed E-state index contributed by atoms with van der Waals surface area (Å²) in [5.41, 5.74) is -2.08. The Morgan fingerprint density at radius 1 is 1.08 bits per heavy atom. The van der Waals surface area contributed by atoms with E-state index in [1.165, 1.54) is 5.57 Å². The third kappa shape index (κ3) is 5.58. The number of aliphatic hydroxyl groups is 3. The van der Waals surface area contributed by atoms with Crippen LogP contribution in [0.4, 0.5) is 26.3 Å². The molecule has 3 nitrogen and oxygen atoms in total. The maximum Gasteiger partial charge on any atom is 0.426 e. The highest BCUT2D eigenvalue weighted by atomic mass is 19.4. The van der Waals surface area contributed by atoms with Crippen LogP contribution in [0.5, 0.6) is 0 Å². The van der Waals surface area contributed by atoms with Crippen molar-refractivity contribution in [3.63, 3.8) is 0 Å². The van der Waals surface area contributed by atoms with Crippen LogP contribution in [0.2, 0.25) is 0 Å². The predicted octanol–water partition coefficient (Wildman–Crippen LogP) is 6.79. The fraction of sp³-hybridized carbons (Fsp3) is 0.778. The van der Waals surface area contributed by atoms with Gasteiger partial charge in [0.2, 0.25) is 0 Å². The molecule has 3 rings (SSSR count). The highest BCUT2D eigenvalue weighted by Crippen LogP contribution is 2.60. The molecule has 3 saturated carbocycles. The lowest BCUT2D eigenvalue weighted by Gasteiger charge is -2.44. The lowest BCUT2D eigenvalue weighted by Crippen LogP contribution is -2.56. The molecule has 0 amide bonds. The van der Waals surface area contributed by atoms with E-state index >= 15 is 0 Å². The first-order chi connectivity index (χ1) is 16.5. The highest BCUT2D eigenvalue weighted by molar-refractivity contribution is 5.38. The molecule has 3 N–H and O–H groups in total. The molecular weight excluding hydrogens is 486 g/mol. The molecule has 0 aromatic heterocycles. The monoisotopic (exact) mass is 524 g/mol. The Balaban J connectivity index is 1.69. The molecule has 0 aromatic rings. The Hall–Kier alpha value is -1.32. The fourth-order valence-electron chi connectivity index (χ4n) is 7.00. The molecule has 6 atom stereocenters. The van der Waals surface area contributed by atoms with Gasteiger partial charge in [-0.25, -0.2) is 0 Å². The zero-order valence-electron chi connectivity index (χ0n) is 20.9. The van der Waals surface area contributed by atoms with Gasteiger partial charge in [0, 0.05) is 6.42 Å². The van der Waals surface area contributed by atoms with Gasteiger partial charge in [-0.15, -0.1) is 0 Å². The topological polar surface area (TPSA) is 60.7 Å². The van der Waals surface area contributed by atoms with Gasteiger partial charge in [0.25, 0.3) is 5.60 Å². The first-order valence-corrected chi connectivity index (χ1v) is 12.8. The van der Waals surface area contributed by atoms with Gasteiger partial charge in [-0.1, -0.05) is 44.6 Å². The number of alkyl halides is 6. The molecule has 0 unspecified atom stereocenters. The minimum atomic E-state index is -5.77. The summed E-state index contributed by atoms with van der Waals surface area (Å²) < 4.78 is 78.1. The van der Waals surface area contributed by atoms with Crippen LogP contribution >= 0.6 is 0 Å². The Bertz CT molecular complexity index is 860. The average molecular weight is 525 g/mol. The summed E-state index contributed by atoms with van der Waals surface area (Å²) in [5, 5.41) is 29.5. The van der Waals surface area contributed by atoms with E-state index in [-0.39, 0.29) is 42.4 Å². The minimum Gasteiger partial charge on any atom is -0.393 e. The highest BCUT2D eigenvalue weighted by Gasteiger charge is 2.69.